The van der Waals surface area contributed by atoms with Crippen molar-refractivity contribution in [2.24, 2.45) is 5.84 Å². The van der Waals surface area contributed by atoms with Gasteiger partial charge in [-0.05, 0) is 12.0 Å². The van der Waals surface area contributed by atoms with Crippen LogP contribution in [0.5, 0.6) is 0 Å². The summed E-state index contributed by atoms with van der Waals surface area (Å²) in [5, 5.41) is 0. The van der Waals surface area contributed by atoms with Gasteiger partial charge < -0.3 is 4.74 Å². The van der Waals surface area contributed by atoms with Crippen LogP contribution in [0.2, 0.25) is 0 Å². The maximum absolute atomic E-state index is 11.2. The molecule has 0 fully saturated rings. The smallest absolute Gasteiger partial charge is 0.262 e. The van der Waals surface area contributed by atoms with E-state index in [4.69, 9.17) is 10.6 Å². The van der Waals surface area contributed by atoms with Crippen LogP contribution in [0.25, 0.3) is 6.08 Å². The van der Waals surface area contributed by atoms with Crippen molar-refractivity contribution in [3.63, 3.8) is 0 Å². The van der Waals surface area contributed by atoms with Gasteiger partial charge >= 0.3 is 0 Å². The van der Waals surface area contributed by atoms with Gasteiger partial charge in [0.2, 0.25) is 0 Å². The lowest BCUT2D eigenvalue weighted by Crippen LogP contribution is -2.40. The SMILES string of the molecule is CCC(OCC=Cc1ccccc1)C(=O)NN. The largest absolute Gasteiger partial charge is 0.364 e. The zero-order valence-electron chi connectivity index (χ0n) is 9.93. The summed E-state index contributed by atoms with van der Waals surface area (Å²) < 4.78 is 5.39. The van der Waals surface area contributed by atoms with Crippen molar-refractivity contribution >= 4 is 12.0 Å². The second-order valence-electron chi connectivity index (χ2n) is 3.55. The molecule has 0 saturated heterocycles. The van der Waals surface area contributed by atoms with Crippen molar-refractivity contribution in [2.45, 2.75) is 19.4 Å². The zero-order chi connectivity index (χ0) is 12.5. The van der Waals surface area contributed by atoms with E-state index in [2.05, 4.69) is 5.43 Å². The van der Waals surface area contributed by atoms with E-state index in [0.717, 1.165) is 5.56 Å². The summed E-state index contributed by atoms with van der Waals surface area (Å²) >= 11 is 0. The summed E-state index contributed by atoms with van der Waals surface area (Å²) in [5.41, 5.74) is 3.19. The van der Waals surface area contributed by atoms with E-state index < -0.39 is 6.10 Å². The van der Waals surface area contributed by atoms with Crippen LogP contribution in [0.3, 0.4) is 0 Å². The van der Waals surface area contributed by atoms with Crippen LogP contribution < -0.4 is 11.3 Å². The molecule has 1 rings (SSSR count). The van der Waals surface area contributed by atoms with E-state index in [9.17, 15) is 4.79 Å². The van der Waals surface area contributed by atoms with E-state index in [0.29, 0.717) is 13.0 Å². The molecule has 0 radical (unpaired) electrons. The van der Waals surface area contributed by atoms with Gasteiger partial charge in [0.05, 0.1) is 6.61 Å². The Morgan fingerprint density at radius 2 is 2.18 bits per heavy atom. The number of nitrogens with two attached hydrogens (primary N) is 1. The van der Waals surface area contributed by atoms with Crippen LogP contribution in [0.15, 0.2) is 36.4 Å². The maximum atomic E-state index is 11.2. The van der Waals surface area contributed by atoms with Crippen molar-refractivity contribution in [1.29, 1.82) is 0 Å². The van der Waals surface area contributed by atoms with E-state index >= 15 is 0 Å². The Balaban J connectivity index is 2.36. The maximum Gasteiger partial charge on any atom is 0.262 e. The fourth-order valence-corrected chi connectivity index (χ4v) is 1.39. The first-order valence-electron chi connectivity index (χ1n) is 5.61. The number of hydrazine groups is 1. The summed E-state index contributed by atoms with van der Waals surface area (Å²) in [6, 6.07) is 9.90. The van der Waals surface area contributed by atoms with Gasteiger partial charge in [0.1, 0.15) is 6.10 Å². The van der Waals surface area contributed by atoms with Gasteiger partial charge in [-0.1, -0.05) is 49.4 Å². The molecular formula is C13H18N2O2. The highest BCUT2D eigenvalue weighted by Gasteiger charge is 2.14. The average Bonchev–Trinajstić information content (AvgIpc) is 2.39. The molecule has 1 unspecified atom stereocenters. The van der Waals surface area contributed by atoms with E-state index in [1.807, 2.05) is 49.4 Å². The van der Waals surface area contributed by atoms with Crippen molar-refractivity contribution in [1.82, 2.24) is 5.43 Å². The summed E-state index contributed by atoms with van der Waals surface area (Å²) in [4.78, 5) is 11.2. The number of hydrogen-bond acceptors (Lipinski definition) is 3. The number of carbonyl (C=O) groups is 1. The number of carbonyl (C=O) groups excluding carboxylic acids is 1. The molecule has 1 aromatic rings. The first-order chi connectivity index (χ1) is 8.27. The molecule has 92 valence electrons. The summed E-state index contributed by atoms with van der Waals surface area (Å²) in [7, 11) is 0. The second-order valence-corrected chi connectivity index (χ2v) is 3.55. The molecular weight excluding hydrogens is 216 g/mol. The Labute approximate surface area is 101 Å². The molecule has 3 N–H and O–H groups in total. The van der Waals surface area contributed by atoms with Crippen molar-refractivity contribution in [3.05, 3.63) is 42.0 Å². The molecule has 1 amide bonds. The standard InChI is InChI=1S/C13H18N2O2/c1-2-12(13(16)15-14)17-10-6-9-11-7-4-3-5-8-11/h3-9,12H,2,10,14H2,1H3,(H,15,16). The monoisotopic (exact) mass is 234 g/mol. The fourth-order valence-electron chi connectivity index (χ4n) is 1.39. The van der Waals surface area contributed by atoms with Crippen LogP contribution in [0, 0.1) is 0 Å². The minimum Gasteiger partial charge on any atom is -0.364 e. The molecule has 0 bridgehead atoms. The third kappa shape index (κ3) is 4.80. The van der Waals surface area contributed by atoms with Crippen LogP contribution in [-0.2, 0) is 9.53 Å². The number of rotatable bonds is 6. The van der Waals surface area contributed by atoms with E-state index in [1.165, 1.54) is 0 Å². The Kier molecular flexibility index (Phi) is 5.99. The van der Waals surface area contributed by atoms with Crippen LogP contribution in [0.4, 0.5) is 0 Å². The van der Waals surface area contributed by atoms with Gasteiger partial charge in [0, 0.05) is 0 Å². The Bertz CT molecular complexity index is 363. The van der Waals surface area contributed by atoms with E-state index in [1.54, 1.807) is 0 Å². The van der Waals surface area contributed by atoms with Crippen molar-refractivity contribution in [2.75, 3.05) is 6.61 Å². The minimum atomic E-state index is -0.486. The zero-order valence-corrected chi connectivity index (χ0v) is 9.93. The fraction of sp³-hybridized carbons (Fsp3) is 0.308. The number of benzene rings is 1. The predicted molar refractivity (Wildman–Crippen MR) is 67.8 cm³/mol. The second kappa shape index (κ2) is 7.60. The Morgan fingerprint density at radius 3 is 2.76 bits per heavy atom. The molecule has 0 aliphatic rings. The number of amides is 1. The van der Waals surface area contributed by atoms with Gasteiger partial charge in [-0.3, -0.25) is 10.2 Å². The van der Waals surface area contributed by atoms with Gasteiger partial charge in [-0.25, -0.2) is 5.84 Å². The molecule has 4 heteroatoms. The third-order valence-electron chi connectivity index (χ3n) is 2.31. The third-order valence-corrected chi connectivity index (χ3v) is 2.31. The molecule has 0 aromatic heterocycles. The quantitative estimate of drug-likeness (QED) is 0.445. The molecule has 0 saturated carbocycles. The van der Waals surface area contributed by atoms with E-state index in [-0.39, 0.29) is 5.91 Å². The molecule has 0 heterocycles. The van der Waals surface area contributed by atoms with Crippen LogP contribution >= 0.6 is 0 Å². The minimum absolute atomic E-state index is 0.291. The molecule has 0 aliphatic heterocycles. The lowest BCUT2D eigenvalue weighted by atomic mass is 10.2. The van der Waals surface area contributed by atoms with Gasteiger partial charge in [-0.15, -0.1) is 0 Å². The van der Waals surface area contributed by atoms with Crippen molar-refractivity contribution in [3.8, 4) is 0 Å². The van der Waals surface area contributed by atoms with Gasteiger partial charge in [0.25, 0.3) is 5.91 Å². The number of ether oxygens (including phenoxy) is 1. The van der Waals surface area contributed by atoms with Gasteiger partial charge in [-0.2, -0.15) is 0 Å². The Morgan fingerprint density at radius 1 is 1.47 bits per heavy atom. The lowest BCUT2D eigenvalue weighted by molar-refractivity contribution is -0.132. The molecule has 17 heavy (non-hydrogen) atoms. The van der Waals surface area contributed by atoms with Crippen LogP contribution in [0.1, 0.15) is 18.9 Å². The molecule has 1 aromatic carbocycles. The Hall–Kier alpha value is -1.65. The summed E-state index contributed by atoms with van der Waals surface area (Å²) in [5.74, 6) is 4.76. The average molecular weight is 234 g/mol. The highest BCUT2D eigenvalue weighted by Crippen LogP contribution is 2.02. The summed E-state index contributed by atoms with van der Waals surface area (Å²) in [6.07, 6.45) is 3.94. The highest BCUT2D eigenvalue weighted by molar-refractivity contribution is 5.80. The normalized spacial score (nSPS) is 12.6. The lowest BCUT2D eigenvalue weighted by Gasteiger charge is -2.12. The predicted octanol–water partition coefficient (Wildman–Crippen LogP) is 1.48. The molecule has 4 nitrogen and oxygen atoms in total. The molecule has 0 aliphatic carbocycles. The summed E-state index contributed by atoms with van der Waals surface area (Å²) in [6.45, 7) is 2.27. The van der Waals surface area contributed by atoms with Crippen molar-refractivity contribution < 1.29 is 9.53 Å². The first-order valence-corrected chi connectivity index (χ1v) is 5.61. The first kappa shape index (κ1) is 13.4. The number of nitrogens with one attached hydrogen (secondary N) is 1. The molecule has 1 atom stereocenters. The number of hydrogen-bond donors (Lipinski definition) is 2. The van der Waals surface area contributed by atoms with Gasteiger partial charge in [0.15, 0.2) is 0 Å². The topological polar surface area (TPSA) is 64.3 Å². The van der Waals surface area contributed by atoms with Crippen LogP contribution in [-0.4, -0.2) is 18.6 Å². The highest BCUT2D eigenvalue weighted by atomic mass is 16.5. The molecule has 0 spiro atoms.